The van der Waals surface area contributed by atoms with Gasteiger partial charge in [-0.3, -0.25) is 0 Å². The van der Waals surface area contributed by atoms with E-state index in [2.05, 4.69) is 59.3 Å². The van der Waals surface area contributed by atoms with Crippen molar-refractivity contribution in [1.29, 1.82) is 0 Å². The Morgan fingerprint density at radius 2 is 1.81 bits per heavy atom. The van der Waals surface area contributed by atoms with Crippen LogP contribution in [0.1, 0.15) is 12.5 Å². The molecule has 0 radical (unpaired) electrons. The number of hydrogen-bond acceptors (Lipinski definition) is 2. The molecule has 0 atom stereocenters. The normalized spacial score (nSPS) is 10.8. The minimum Gasteiger partial charge on any atom is -0.367 e. The Kier molecular flexibility index (Phi) is 4.07. The van der Waals surface area contributed by atoms with E-state index in [1.165, 1.54) is 16.5 Å². The predicted octanol–water partition coefficient (Wildman–Crippen LogP) is 4.91. The molecule has 0 N–H and O–H groups in total. The maximum atomic E-state index is 5.85. The average molecular weight is 297 g/mol. The molecule has 1 aromatic heterocycles. The fourth-order valence-electron chi connectivity index (χ4n) is 2.57. The van der Waals surface area contributed by atoms with E-state index >= 15 is 0 Å². The number of hydrogen-bond donors (Lipinski definition) is 0. The van der Waals surface area contributed by atoms with E-state index in [1.54, 1.807) is 0 Å². The SMILES string of the molecule is CCN(Cc1ccc(Cl)nc1)c1cccc2ccccc12. The van der Waals surface area contributed by atoms with Crippen molar-refractivity contribution in [3.05, 3.63) is 71.5 Å². The van der Waals surface area contributed by atoms with Crippen LogP contribution in [0.5, 0.6) is 0 Å². The summed E-state index contributed by atoms with van der Waals surface area (Å²) < 4.78 is 0. The van der Waals surface area contributed by atoms with E-state index in [9.17, 15) is 0 Å². The summed E-state index contributed by atoms with van der Waals surface area (Å²) in [6, 6.07) is 18.8. The number of anilines is 1. The minimum absolute atomic E-state index is 0.534. The van der Waals surface area contributed by atoms with E-state index in [1.807, 2.05) is 18.3 Å². The molecule has 0 aliphatic rings. The summed E-state index contributed by atoms with van der Waals surface area (Å²) in [6.45, 7) is 3.94. The molecule has 0 unspecified atom stereocenters. The molecule has 0 bridgehead atoms. The van der Waals surface area contributed by atoms with Gasteiger partial charge in [-0.25, -0.2) is 4.98 Å². The van der Waals surface area contributed by atoms with Crippen LogP contribution in [0.15, 0.2) is 60.8 Å². The Bertz CT molecular complexity index is 732. The van der Waals surface area contributed by atoms with Crippen molar-refractivity contribution in [2.45, 2.75) is 13.5 Å². The van der Waals surface area contributed by atoms with Gasteiger partial charge < -0.3 is 4.90 Å². The van der Waals surface area contributed by atoms with Gasteiger partial charge >= 0.3 is 0 Å². The number of fused-ring (bicyclic) bond motifs is 1. The molecule has 2 aromatic carbocycles. The summed E-state index contributed by atoms with van der Waals surface area (Å²) in [7, 11) is 0. The Balaban J connectivity index is 1.96. The van der Waals surface area contributed by atoms with Crippen LogP contribution in [0.2, 0.25) is 5.15 Å². The second-order valence-electron chi connectivity index (χ2n) is 5.00. The fourth-order valence-corrected chi connectivity index (χ4v) is 2.68. The second-order valence-corrected chi connectivity index (χ2v) is 5.39. The first kappa shape index (κ1) is 13.9. The van der Waals surface area contributed by atoms with E-state index in [0.717, 1.165) is 18.7 Å². The molecule has 3 rings (SSSR count). The molecule has 0 aliphatic carbocycles. The maximum Gasteiger partial charge on any atom is 0.129 e. The molecular weight excluding hydrogens is 280 g/mol. The monoisotopic (exact) mass is 296 g/mol. The number of rotatable bonds is 4. The van der Waals surface area contributed by atoms with E-state index in [4.69, 9.17) is 11.6 Å². The molecule has 0 fully saturated rings. The van der Waals surface area contributed by atoms with Crippen molar-refractivity contribution in [3.63, 3.8) is 0 Å². The highest BCUT2D eigenvalue weighted by atomic mass is 35.5. The maximum absolute atomic E-state index is 5.85. The molecule has 2 nitrogen and oxygen atoms in total. The minimum atomic E-state index is 0.534. The standard InChI is InChI=1S/C18H17ClN2/c1-2-21(13-14-10-11-18(19)20-12-14)17-9-5-7-15-6-3-4-8-16(15)17/h3-12H,2,13H2,1H3. The van der Waals surface area contributed by atoms with Crippen LogP contribution in [0, 0.1) is 0 Å². The number of pyridine rings is 1. The van der Waals surface area contributed by atoms with Crippen LogP contribution in [-0.2, 0) is 6.54 Å². The summed E-state index contributed by atoms with van der Waals surface area (Å²) >= 11 is 5.85. The van der Waals surface area contributed by atoms with Crippen LogP contribution < -0.4 is 4.90 Å². The molecule has 0 spiro atoms. The lowest BCUT2D eigenvalue weighted by molar-refractivity contribution is 0.832. The quantitative estimate of drug-likeness (QED) is 0.636. The van der Waals surface area contributed by atoms with Crippen molar-refractivity contribution in [1.82, 2.24) is 4.98 Å². The lowest BCUT2D eigenvalue weighted by atomic mass is 10.1. The third kappa shape index (κ3) is 3.01. The van der Waals surface area contributed by atoms with E-state index in [0.29, 0.717) is 5.15 Å². The fraction of sp³-hybridized carbons (Fsp3) is 0.167. The molecule has 0 amide bonds. The summed E-state index contributed by atoms with van der Waals surface area (Å²) in [5.74, 6) is 0. The van der Waals surface area contributed by atoms with Crippen LogP contribution in [0.4, 0.5) is 5.69 Å². The van der Waals surface area contributed by atoms with Gasteiger partial charge in [0.2, 0.25) is 0 Å². The van der Waals surface area contributed by atoms with Gasteiger partial charge in [0.15, 0.2) is 0 Å². The molecule has 0 aliphatic heterocycles. The highest BCUT2D eigenvalue weighted by Crippen LogP contribution is 2.27. The van der Waals surface area contributed by atoms with Gasteiger partial charge in [0, 0.05) is 30.4 Å². The van der Waals surface area contributed by atoms with Crippen LogP contribution >= 0.6 is 11.6 Å². The predicted molar refractivity (Wildman–Crippen MR) is 89.9 cm³/mol. The van der Waals surface area contributed by atoms with Gasteiger partial charge in [-0.1, -0.05) is 54.1 Å². The first-order valence-electron chi connectivity index (χ1n) is 7.11. The van der Waals surface area contributed by atoms with Crippen molar-refractivity contribution in [3.8, 4) is 0 Å². The molecule has 106 valence electrons. The number of halogens is 1. The highest BCUT2D eigenvalue weighted by molar-refractivity contribution is 6.29. The Hall–Kier alpha value is -2.06. The molecule has 21 heavy (non-hydrogen) atoms. The zero-order valence-electron chi connectivity index (χ0n) is 12.0. The lowest BCUT2D eigenvalue weighted by Gasteiger charge is -2.24. The molecule has 3 heteroatoms. The number of aromatic nitrogens is 1. The summed E-state index contributed by atoms with van der Waals surface area (Å²) in [5, 5.41) is 3.08. The van der Waals surface area contributed by atoms with Gasteiger partial charge in [0.1, 0.15) is 5.15 Å². The van der Waals surface area contributed by atoms with Gasteiger partial charge in [-0.2, -0.15) is 0 Å². The topological polar surface area (TPSA) is 16.1 Å². The smallest absolute Gasteiger partial charge is 0.129 e. The second kappa shape index (κ2) is 6.15. The Morgan fingerprint density at radius 3 is 2.57 bits per heavy atom. The van der Waals surface area contributed by atoms with Gasteiger partial charge in [-0.15, -0.1) is 0 Å². The van der Waals surface area contributed by atoms with Crippen molar-refractivity contribution in [2.24, 2.45) is 0 Å². The first-order valence-corrected chi connectivity index (χ1v) is 7.49. The third-order valence-electron chi connectivity index (χ3n) is 3.65. The van der Waals surface area contributed by atoms with Gasteiger partial charge in [0.05, 0.1) is 0 Å². The van der Waals surface area contributed by atoms with Gasteiger partial charge in [-0.05, 0) is 30.0 Å². The zero-order chi connectivity index (χ0) is 14.7. The third-order valence-corrected chi connectivity index (χ3v) is 3.87. The highest BCUT2D eigenvalue weighted by Gasteiger charge is 2.09. The van der Waals surface area contributed by atoms with Crippen LogP contribution in [-0.4, -0.2) is 11.5 Å². The Labute approximate surface area is 130 Å². The molecule has 1 heterocycles. The van der Waals surface area contributed by atoms with Crippen molar-refractivity contribution in [2.75, 3.05) is 11.4 Å². The van der Waals surface area contributed by atoms with Crippen molar-refractivity contribution >= 4 is 28.1 Å². The molecule has 0 saturated heterocycles. The zero-order valence-corrected chi connectivity index (χ0v) is 12.7. The number of nitrogens with zero attached hydrogens (tertiary/aromatic N) is 2. The van der Waals surface area contributed by atoms with Crippen molar-refractivity contribution < 1.29 is 0 Å². The van der Waals surface area contributed by atoms with E-state index < -0.39 is 0 Å². The summed E-state index contributed by atoms with van der Waals surface area (Å²) in [5.41, 5.74) is 2.42. The largest absolute Gasteiger partial charge is 0.367 e. The average Bonchev–Trinajstić information content (AvgIpc) is 2.54. The summed E-state index contributed by atoms with van der Waals surface area (Å²) in [4.78, 5) is 6.52. The van der Waals surface area contributed by atoms with Gasteiger partial charge in [0.25, 0.3) is 0 Å². The Morgan fingerprint density at radius 1 is 1.00 bits per heavy atom. The lowest BCUT2D eigenvalue weighted by Crippen LogP contribution is -2.22. The summed E-state index contributed by atoms with van der Waals surface area (Å²) in [6.07, 6.45) is 1.84. The van der Waals surface area contributed by atoms with Crippen LogP contribution in [0.25, 0.3) is 10.8 Å². The molecular formula is C18H17ClN2. The molecule has 3 aromatic rings. The molecule has 0 saturated carbocycles. The first-order chi connectivity index (χ1) is 10.3. The van der Waals surface area contributed by atoms with Crippen LogP contribution in [0.3, 0.4) is 0 Å². The number of benzene rings is 2. The van der Waals surface area contributed by atoms with E-state index in [-0.39, 0.29) is 0 Å².